The van der Waals surface area contributed by atoms with Crippen LogP contribution in [-0.2, 0) is 0 Å². The van der Waals surface area contributed by atoms with Crippen LogP contribution in [0.2, 0.25) is 0 Å². The van der Waals surface area contributed by atoms with Crippen molar-refractivity contribution < 1.29 is 4.79 Å². The normalized spacial score (nSPS) is 9.94. The number of hydrogen-bond acceptors (Lipinski definition) is 5. The highest BCUT2D eigenvalue weighted by atomic mass is 16.1. The van der Waals surface area contributed by atoms with Crippen molar-refractivity contribution >= 4 is 25.9 Å². The fraction of sp³-hybridized carbons (Fsp3) is 0.0909. The number of aldehydes is 1. The Kier molecular flexibility index (Phi) is 3.14. The predicted molar refractivity (Wildman–Crippen MR) is 64.3 cm³/mol. The summed E-state index contributed by atoms with van der Waals surface area (Å²) in [6, 6.07) is 6.80. The predicted octanol–water partition coefficient (Wildman–Crippen LogP) is 1.21. The molecule has 2 aromatic rings. The summed E-state index contributed by atoms with van der Waals surface area (Å²) in [5, 5.41) is 0. The monoisotopic (exact) mass is 224 g/mol. The Morgan fingerprint density at radius 3 is 2.53 bits per heavy atom. The van der Waals surface area contributed by atoms with Gasteiger partial charge in [-0.15, -0.1) is 0 Å². The molecule has 17 heavy (non-hydrogen) atoms. The van der Waals surface area contributed by atoms with Crippen LogP contribution >= 0.6 is 0 Å². The third-order valence-electron chi connectivity index (χ3n) is 2.20. The maximum atomic E-state index is 10.5. The minimum atomic E-state index is 0.358. The van der Waals surface area contributed by atoms with Crippen molar-refractivity contribution in [1.82, 2.24) is 15.0 Å². The third-order valence-corrected chi connectivity index (χ3v) is 2.20. The zero-order valence-electron chi connectivity index (χ0n) is 9.24. The van der Waals surface area contributed by atoms with Crippen LogP contribution in [0, 0.1) is 6.92 Å². The number of nitrogens with zero attached hydrogens (tertiary/aromatic N) is 4. The van der Waals surface area contributed by atoms with Crippen molar-refractivity contribution in [3.05, 3.63) is 42.0 Å². The minimum absolute atomic E-state index is 0.358. The van der Waals surface area contributed by atoms with Gasteiger partial charge in [0.25, 0.3) is 0 Å². The van der Waals surface area contributed by atoms with E-state index < -0.39 is 0 Å². The van der Waals surface area contributed by atoms with Crippen molar-refractivity contribution in [3.63, 3.8) is 0 Å². The van der Waals surface area contributed by atoms with Gasteiger partial charge in [-0.25, -0.2) is 9.97 Å². The molecule has 2 radical (unpaired) electrons. The van der Waals surface area contributed by atoms with E-state index in [-0.39, 0.29) is 0 Å². The molecule has 0 aliphatic rings. The zero-order valence-corrected chi connectivity index (χ0v) is 9.24. The van der Waals surface area contributed by atoms with E-state index in [0.29, 0.717) is 23.0 Å². The van der Waals surface area contributed by atoms with E-state index in [1.54, 1.807) is 31.2 Å². The van der Waals surface area contributed by atoms with Crippen LogP contribution in [0.3, 0.4) is 0 Å². The molecule has 0 fully saturated rings. The zero-order chi connectivity index (χ0) is 12.3. The summed E-state index contributed by atoms with van der Waals surface area (Å²) in [4.78, 5) is 23.8. The summed E-state index contributed by atoms with van der Waals surface area (Å²) in [7, 11) is 5.87. The molecule has 0 bridgehead atoms. The van der Waals surface area contributed by atoms with Crippen LogP contribution in [0.1, 0.15) is 16.2 Å². The molecule has 6 heteroatoms. The van der Waals surface area contributed by atoms with Gasteiger partial charge in [-0.1, -0.05) is 0 Å². The van der Waals surface area contributed by atoms with Crippen LogP contribution in [0.5, 0.6) is 0 Å². The van der Waals surface area contributed by atoms with Crippen molar-refractivity contribution in [2.45, 2.75) is 6.92 Å². The number of carbonyl (C=O) groups is 1. The highest BCUT2D eigenvalue weighted by Crippen LogP contribution is 2.18. The number of aryl methyl sites for hydroxylation is 1. The lowest BCUT2D eigenvalue weighted by atomic mass is 10.2. The van der Waals surface area contributed by atoms with Gasteiger partial charge in [0.05, 0.1) is 0 Å². The summed E-state index contributed by atoms with van der Waals surface area (Å²) < 4.78 is 0. The Morgan fingerprint density at radius 2 is 1.94 bits per heavy atom. The standard InChI is InChI=1S/C11H9BN4O/c1-8-13-7-14-11(15-8)16(12)10-4-2-9(6-17)3-5-10/h2-7H,1H3. The third kappa shape index (κ3) is 2.47. The van der Waals surface area contributed by atoms with E-state index in [1.165, 1.54) is 11.1 Å². The van der Waals surface area contributed by atoms with Gasteiger partial charge in [0.1, 0.15) is 18.4 Å². The average molecular weight is 224 g/mol. The highest BCUT2D eigenvalue weighted by Gasteiger charge is 2.06. The van der Waals surface area contributed by atoms with Crippen molar-refractivity contribution in [2.75, 3.05) is 4.81 Å². The van der Waals surface area contributed by atoms with Crippen LogP contribution < -0.4 is 4.81 Å². The molecule has 1 aromatic carbocycles. The van der Waals surface area contributed by atoms with E-state index in [4.69, 9.17) is 7.98 Å². The van der Waals surface area contributed by atoms with E-state index in [2.05, 4.69) is 15.0 Å². The summed E-state index contributed by atoms with van der Waals surface area (Å²) in [6.07, 6.45) is 2.18. The Hall–Kier alpha value is -2.24. The van der Waals surface area contributed by atoms with Crippen LogP contribution in [0.25, 0.3) is 0 Å². The van der Waals surface area contributed by atoms with E-state index in [1.807, 2.05) is 0 Å². The van der Waals surface area contributed by atoms with Crippen molar-refractivity contribution in [2.24, 2.45) is 0 Å². The molecule has 0 saturated heterocycles. The van der Waals surface area contributed by atoms with E-state index in [9.17, 15) is 4.79 Å². The Balaban J connectivity index is 2.29. The van der Waals surface area contributed by atoms with E-state index >= 15 is 0 Å². The highest BCUT2D eigenvalue weighted by molar-refractivity contribution is 6.21. The van der Waals surface area contributed by atoms with Gasteiger partial charge in [-0.2, -0.15) is 4.98 Å². The molecule has 0 aliphatic heterocycles. The molecule has 0 saturated carbocycles. The van der Waals surface area contributed by atoms with Gasteiger partial charge in [-0.3, -0.25) is 4.79 Å². The van der Waals surface area contributed by atoms with E-state index in [0.717, 1.165) is 6.29 Å². The lowest BCUT2D eigenvalue weighted by Gasteiger charge is -2.17. The van der Waals surface area contributed by atoms with Gasteiger partial charge in [0.15, 0.2) is 0 Å². The molecule has 0 N–H and O–H groups in total. The quantitative estimate of drug-likeness (QED) is 0.579. The Labute approximate surface area is 100.0 Å². The molecule has 5 nitrogen and oxygen atoms in total. The van der Waals surface area contributed by atoms with Gasteiger partial charge in [0, 0.05) is 11.3 Å². The number of anilines is 2. The molecular weight excluding hydrogens is 215 g/mol. The Morgan fingerprint density at radius 1 is 1.24 bits per heavy atom. The molecule has 1 heterocycles. The fourth-order valence-corrected chi connectivity index (χ4v) is 1.31. The van der Waals surface area contributed by atoms with Crippen LogP contribution in [0.15, 0.2) is 30.6 Å². The molecule has 2 rings (SSSR count). The first kappa shape index (κ1) is 11.3. The first-order chi connectivity index (χ1) is 8.20. The second kappa shape index (κ2) is 4.73. The average Bonchev–Trinajstić information content (AvgIpc) is 2.38. The Bertz CT molecular complexity index is 529. The largest absolute Gasteiger partial charge is 0.367 e. The van der Waals surface area contributed by atoms with Crippen molar-refractivity contribution in [1.29, 1.82) is 0 Å². The second-order valence-corrected chi connectivity index (χ2v) is 3.41. The smallest absolute Gasteiger partial charge is 0.238 e. The first-order valence-electron chi connectivity index (χ1n) is 4.96. The summed E-state index contributed by atoms with van der Waals surface area (Å²) in [6.45, 7) is 1.76. The summed E-state index contributed by atoms with van der Waals surface area (Å²) >= 11 is 0. The lowest BCUT2D eigenvalue weighted by Crippen LogP contribution is -2.15. The SMILES string of the molecule is [B]N(c1ccc(C=O)cc1)c1ncnc(C)n1. The molecule has 0 aliphatic carbocycles. The van der Waals surface area contributed by atoms with Crippen molar-refractivity contribution in [3.8, 4) is 0 Å². The topological polar surface area (TPSA) is 59.0 Å². The van der Waals surface area contributed by atoms with Crippen LogP contribution in [-0.4, -0.2) is 29.2 Å². The molecule has 0 unspecified atom stereocenters. The molecule has 0 spiro atoms. The summed E-state index contributed by atoms with van der Waals surface area (Å²) in [5.41, 5.74) is 1.29. The number of hydrogen-bond donors (Lipinski definition) is 0. The minimum Gasteiger partial charge on any atom is -0.367 e. The van der Waals surface area contributed by atoms with Gasteiger partial charge in [0.2, 0.25) is 13.9 Å². The first-order valence-corrected chi connectivity index (χ1v) is 4.96. The number of aromatic nitrogens is 3. The van der Waals surface area contributed by atoms with Crippen LogP contribution in [0.4, 0.5) is 11.6 Å². The molecule has 1 aromatic heterocycles. The molecule has 0 amide bonds. The lowest BCUT2D eigenvalue weighted by molar-refractivity contribution is 0.112. The fourth-order valence-electron chi connectivity index (χ4n) is 1.31. The maximum absolute atomic E-state index is 10.5. The maximum Gasteiger partial charge on any atom is 0.238 e. The molecule has 0 atom stereocenters. The molecule has 82 valence electrons. The second-order valence-electron chi connectivity index (χ2n) is 3.41. The number of rotatable bonds is 3. The van der Waals surface area contributed by atoms with Gasteiger partial charge < -0.3 is 4.81 Å². The van der Waals surface area contributed by atoms with Gasteiger partial charge in [-0.05, 0) is 31.2 Å². The number of benzene rings is 1. The number of carbonyl (C=O) groups excluding carboxylic acids is 1. The van der Waals surface area contributed by atoms with Gasteiger partial charge >= 0.3 is 0 Å². The summed E-state index contributed by atoms with van der Waals surface area (Å²) in [5.74, 6) is 0.950. The molecular formula is C11H9BN4O.